The van der Waals surface area contributed by atoms with Gasteiger partial charge in [0.1, 0.15) is 5.78 Å². The van der Waals surface area contributed by atoms with Crippen molar-refractivity contribution in [3.8, 4) is 0 Å². The number of nitrogens with zero attached hydrogens (tertiary/aromatic N) is 1. The largest absolute Gasteiger partial charge is 0.396 e. The lowest BCUT2D eigenvalue weighted by molar-refractivity contribution is -0.135. The van der Waals surface area contributed by atoms with Crippen molar-refractivity contribution in [3.05, 3.63) is 0 Å². The van der Waals surface area contributed by atoms with Crippen LogP contribution in [-0.2, 0) is 14.3 Å². The second-order valence-corrected chi connectivity index (χ2v) is 6.94. The summed E-state index contributed by atoms with van der Waals surface area (Å²) in [5.74, 6) is 0.351. The molecule has 0 spiro atoms. The highest BCUT2D eigenvalue weighted by Crippen LogP contribution is 2.27. The zero-order valence-electron chi connectivity index (χ0n) is 15.6. The molecule has 1 unspecified atom stereocenters. The summed E-state index contributed by atoms with van der Waals surface area (Å²) >= 11 is 0. The Kier molecular flexibility index (Phi) is 11.1. The van der Waals surface area contributed by atoms with Crippen molar-refractivity contribution in [2.24, 2.45) is 5.41 Å². The third-order valence-corrected chi connectivity index (χ3v) is 4.45. The summed E-state index contributed by atoms with van der Waals surface area (Å²) < 4.78 is 5.82. The van der Waals surface area contributed by atoms with Crippen LogP contribution in [0, 0.1) is 5.41 Å². The maximum absolute atomic E-state index is 12.3. The molecule has 0 aromatic heterocycles. The van der Waals surface area contributed by atoms with Crippen LogP contribution in [0.15, 0.2) is 0 Å². The Labute approximate surface area is 141 Å². The van der Waals surface area contributed by atoms with E-state index in [1.54, 1.807) is 19.0 Å². The van der Waals surface area contributed by atoms with Crippen LogP contribution in [0.2, 0.25) is 0 Å². The van der Waals surface area contributed by atoms with E-state index in [1.807, 2.05) is 20.8 Å². The van der Waals surface area contributed by atoms with Gasteiger partial charge < -0.3 is 14.7 Å². The number of rotatable bonds is 13. The summed E-state index contributed by atoms with van der Waals surface area (Å²) in [4.78, 5) is 25.3. The van der Waals surface area contributed by atoms with E-state index in [0.717, 1.165) is 25.7 Å². The zero-order valence-corrected chi connectivity index (χ0v) is 15.6. The van der Waals surface area contributed by atoms with E-state index in [9.17, 15) is 9.59 Å². The smallest absolute Gasteiger partial charge is 0.222 e. The van der Waals surface area contributed by atoms with Crippen LogP contribution in [0.1, 0.15) is 65.7 Å². The number of hydrogen-bond acceptors (Lipinski definition) is 4. The summed E-state index contributed by atoms with van der Waals surface area (Å²) in [6.07, 6.45) is 5.07. The first kappa shape index (κ1) is 22.1. The normalized spacial score (nSPS) is 13.0. The molecular formula is C18H35NO4. The Hall–Kier alpha value is -0.940. The summed E-state index contributed by atoms with van der Waals surface area (Å²) in [6, 6.07) is 0. The van der Waals surface area contributed by atoms with Gasteiger partial charge in [0.15, 0.2) is 0 Å². The number of aliphatic hydroxyl groups is 1. The molecule has 0 bridgehead atoms. The summed E-state index contributed by atoms with van der Waals surface area (Å²) in [6.45, 7) is 6.55. The molecule has 1 atom stereocenters. The van der Waals surface area contributed by atoms with E-state index in [4.69, 9.17) is 9.84 Å². The minimum absolute atomic E-state index is 0.132. The monoisotopic (exact) mass is 329 g/mol. The maximum Gasteiger partial charge on any atom is 0.222 e. The molecule has 0 heterocycles. The lowest BCUT2D eigenvalue weighted by atomic mass is 9.80. The average Bonchev–Trinajstić information content (AvgIpc) is 2.49. The highest BCUT2D eigenvalue weighted by molar-refractivity contribution is 5.84. The van der Waals surface area contributed by atoms with Gasteiger partial charge in [0.2, 0.25) is 5.91 Å². The predicted molar refractivity (Wildman–Crippen MR) is 92.3 cm³/mol. The molecule has 5 heteroatoms. The first-order valence-electron chi connectivity index (χ1n) is 8.69. The van der Waals surface area contributed by atoms with Gasteiger partial charge in [-0.2, -0.15) is 0 Å². The molecule has 0 aromatic carbocycles. The second kappa shape index (κ2) is 11.6. The Bertz CT molecular complexity index is 353. The lowest BCUT2D eigenvalue weighted by Crippen LogP contribution is -2.37. The molecule has 1 amide bonds. The summed E-state index contributed by atoms with van der Waals surface area (Å²) in [5.41, 5.74) is -0.504. The standard InChI is InChI=1S/C18H35NO4/c1-15(18(2,3)16(21)11-8-9-13-20)23-14-10-6-7-12-17(22)19(4)5/h15,20H,6-14H2,1-5H3. The number of aliphatic hydroxyl groups excluding tert-OH is 1. The zero-order chi connectivity index (χ0) is 17.9. The molecule has 0 rings (SSSR count). The van der Waals surface area contributed by atoms with Gasteiger partial charge in [0, 0.05) is 45.6 Å². The molecule has 5 nitrogen and oxygen atoms in total. The molecule has 23 heavy (non-hydrogen) atoms. The minimum atomic E-state index is -0.504. The molecule has 0 fully saturated rings. The first-order valence-corrected chi connectivity index (χ1v) is 8.69. The Morgan fingerprint density at radius 3 is 2.22 bits per heavy atom. The fraction of sp³-hybridized carbons (Fsp3) is 0.889. The number of ether oxygens (including phenoxy) is 1. The average molecular weight is 329 g/mol. The van der Waals surface area contributed by atoms with Gasteiger partial charge in [-0.1, -0.05) is 20.3 Å². The maximum atomic E-state index is 12.3. The molecule has 0 saturated heterocycles. The third-order valence-electron chi connectivity index (χ3n) is 4.45. The van der Waals surface area contributed by atoms with E-state index < -0.39 is 5.41 Å². The fourth-order valence-electron chi connectivity index (χ4n) is 2.19. The van der Waals surface area contributed by atoms with Crippen molar-refractivity contribution in [1.82, 2.24) is 4.90 Å². The van der Waals surface area contributed by atoms with Crippen LogP contribution in [0.5, 0.6) is 0 Å². The quantitative estimate of drug-likeness (QED) is 0.528. The van der Waals surface area contributed by atoms with Crippen molar-refractivity contribution < 1.29 is 19.4 Å². The molecule has 0 radical (unpaired) electrons. The van der Waals surface area contributed by atoms with Crippen molar-refractivity contribution in [2.75, 3.05) is 27.3 Å². The van der Waals surface area contributed by atoms with Crippen LogP contribution in [0.4, 0.5) is 0 Å². The Morgan fingerprint density at radius 1 is 1.04 bits per heavy atom. The first-order chi connectivity index (χ1) is 10.7. The van der Waals surface area contributed by atoms with Gasteiger partial charge in [-0.3, -0.25) is 9.59 Å². The number of hydrogen-bond donors (Lipinski definition) is 1. The minimum Gasteiger partial charge on any atom is -0.396 e. The van der Waals surface area contributed by atoms with Gasteiger partial charge in [-0.25, -0.2) is 0 Å². The van der Waals surface area contributed by atoms with Crippen LogP contribution < -0.4 is 0 Å². The van der Waals surface area contributed by atoms with Gasteiger partial charge in [-0.15, -0.1) is 0 Å². The molecule has 0 aliphatic carbocycles. The number of ketones is 1. The number of unbranched alkanes of at least 4 members (excludes halogenated alkanes) is 3. The van der Waals surface area contributed by atoms with Crippen LogP contribution in [0.3, 0.4) is 0 Å². The van der Waals surface area contributed by atoms with E-state index in [-0.39, 0.29) is 24.4 Å². The molecule has 0 aliphatic heterocycles. The molecule has 1 N–H and O–H groups in total. The van der Waals surface area contributed by atoms with Gasteiger partial charge in [0.25, 0.3) is 0 Å². The van der Waals surface area contributed by atoms with E-state index in [2.05, 4.69) is 0 Å². The van der Waals surface area contributed by atoms with Gasteiger partial charge in [0.05, 0.1) is 6.10 Å². The molecular weight excluding hydrogens is 294 g/mol. The van der Waals surface area contributed by atoms with Crippen LogP contribution in [0.25, 0.3) is 0 Å². The highest BCUT2D eigenvalue weighted by Gasteiger charge is 2.33. The van der Waals surface area contributed by atoms with E-state index in [0.29, 0.717) is 25.9 Å². The number of carbonyl (C=O) groups excluding carboxylic acids is 2. The topological polar surface area (TPSA) is 66.8 Å². The third kappa shape index (κ3) is 9.06. The Morgan fingerprint density at radius 2 is 1.65 bits per heavy atom. The summed E-state index contributed by atoms with van der Waals surface area (Å²) in [7, 11) is 3.54. The number of carbonyl (C=O) groups is 2. The highest BCUT2D eigenvalue weighted by atomic mass is 16.5. The lowest BCUT2D eigenvalue weighted by Gasteiger charge is -2.30. The van der Waals surface area contributed by atoms with Crippen molar-refractivity contribution in [2.45, 2.75) is 71.8 Å². The summed E-state index contributed by atoms with van der Waals surface area (Å²) in [5, 5.41) is 8.78. The number of amides is 1. The Balaban J connectivity index is 3.92. The number of Topliss-reactive ketones (excluding diaryl/α,β-unsaturated/α-hetero) is 1. The fourth-order valence-corrected chi connectivity index (χ4v) is 2.19. The van der Waals surface area contributed by atoms with Gasteiger partial charge >= 0.3 is 0 Å². The van der Waals surface area contributed by atoms with E-state index in [1.165, 1.54) is 0 Å². The van der Waals surface area contributed by atoms with Crippen LogP contribution in [-0.4, -0.2) is 55.1 Å². The molecule has 0 aromatic rings. The second-order valence-electron chi connectivity index (χ2n) is 6.94. The SMILES string of the molecule is CC(OCCCCCC(=O)N(C)C)C(C)(C)C(=O)CCCCO. The molecule has 136 valence electrons. The van der Waals surface area contributed by atoms with Crippen molar-refractivity contribution in [1.29, 1.82) is 0 Å². The van der Waals surface area contributed by atoms with Crippen molar-refractivity contribution >= 4 is 11.7 Å². The van der Waals surface area contributed by atoms with Crippen molar-refractivity contribution in [3.63, 3.8) is 0 Å². The van der Waals surface area contributed by atoms with Gasteiger partial charge in [-0.05, 0) is 32.6 Å². The molecule has 0 aliphatic rings. The van der Waals surface area contributed by atoms with Crippen LogP contribution >= 0.6 is 0 Å². The van der Waals surface area contributed by atoms with E-state index >= 15 is 0 Å². The predicted octanol–water partition coefficient (Wildman–Crippen LogP) is 2.80. The molecule has 0 saturated carbocycles.